The minimum absolute atomic E-state index is 0.196. The van der Waals surface area contributed by atoms with Crippen molar-refractivity contribution >= 4 is 21.8 Å². The summed E-state index contributed by atoms with van der Waals surface area (Å²) in [7, 11) is 3.18. The molecule has 0 aliphatic carbocycles. The molecule has 33 heavy (non-hydrogen) atoms. The Kier molecular flexibility index (Phi) is 5.14. The normalized spacial score (nSPS) is 11.2. The number of aromatic nitrogens is 5. The maximum atomic E-state index is 13.2. The Balaban J connectivity index is 1.52. The summed E-state index contributed by atoms with van der Waals surface area (Å²) in [6, 6.07) is 12.6. The number of hydrogen-bond donors (Lipinski definition) is 1. The van der Waals surface area contributed by atoms with Crippen LogP contribution in [0.5, 0.6) is 11.5 Å². The van der Waals surface area contributed by atoms with Crippen LogP contribution in [0, 0.1) is 0 Å². The molecule has 9 heteroatoms. The van der Waals surface area contributed by atoms with E-state index in [4.69, 9.17) is 9.47 Å². The molecule has 4 heterocycles. The second kappa shape index (κ2) is 8.27. The van der Waals surface area contributed by atoms with Crippen LogP contribution < -0.4 is 20.6 Å². The first kappa shape index (κ1) is 20.5. The van der Waals surface area contributed by atoms with E-state index in [0.29, 0.717) is 52.1 Å². The van der Waals surface area contributed by atoms with Gasteiger partial charge >= 0.3 is 0 Å². The van der Waals surface area contributed by atoms with Crippen molar-refractivity contribution in [3.8, 4) is 17.3 Å². The summed E-state index contributed by atoms with van der Waals surface area (Å²) in [6.07, 6.45) is 5.57. The second-order valence-electron chi connectivity index (χ2n) is 7.54. The molecule has 166 valence electrons. The second-order valence-corrected chi connectivity index (χ2v) is 7.54. The van der Waals surface area contributed by atoms with Crippen molar-refractivity contribution in [1.29, 1.82) is 0 Å². The van der Waals surface area contributed by atoms with E-state index in [0.717, 1.165) is 5.56 Å². The lowest BCUT2D eigenvalue weighted by molar-refractivity contribution is 0.354. The van der Waals surface area contributed by atoms with Crippen LogP contribution in [0.2, 0.25) is 0 Å². The lowest BCUT2D eigenvalue weighted by Crippen LogP contribution is -2.22. The van der Waals surface area contributed by atoms with Crippen molar-refractivity contribution in [3.63, 3.8) is 0 Å². The molecule has 5 rings (SSSR count). The van der Waals surface area contributed by atoms with Gasteiger partial charge in [0.05, 0.1) is 42.2 Å². The van der Waals surface area contributed by atoms with Crippen molar-refractivity contribution in [1.82, 2.24) is 24.3 Å². The number of rotatable bonds is 6. The summed E-state index contributed by atoms with van der Waals surface area (Å²) in [5.74, 6) is 1.84. The summed E-state index contributed by atoms with van der Waals surface area (Å²) < 4.78 is 13.7. The van der Waals surface area contributed by atoms with Crippen LogP contribution in [0.15, 0.2) is 70.6 Å². The van der Waals surface area contributed by atoms with E-state index in [1.165, 1.54) is 4.57 Å². The predicted octanol–water partition coefficient (Wildman–Crippen LogP) is 2.68. The molecule has 0 spiro atoms. The summed E-state index contributed by atoms with van der Waals surface area (Å²) >= 11 is 0. The molecule has 0 aliphatic rings. The topological polar surface area (TPSA) is 104 Å². The lowest BCUT2D eigenvalue weighted by atomic mass is 10.1. The van der Waals surface area contributed by atoms with Crippen LogP contribution in [-0.4, -0.2) is 38.5 Å². The van der Waals surface area contributed by atoms with Gasteiger partial charge in [-0.2, -0.15) is 5.10 Å². The molecule has 0 fully saturated rings. The fourth-order valence-electron chi connectivity index (χ4n) is 3.90. The number of aryl methyl sites for hydroxylation is 2. The quantitative estimate of drug-likeness (QED) is 0.405. The molecule has 0 saturated heterocycles. The predicted molar refractivity (Wildman–Crippen MR) is 125 cm³/mol. The van der Waals surface area contributed by atoms with Gasteiger partial charge in [0.15, 0.2) is 11.5 Å². The zero-order chi connectivity index (χ0) is 22.9. The number of H-pyrrole nitrogens is 1. The van der Waals surface area contributed by atoms with E-state index in [9.17, 15) is 9.59 Å². The van der Waals surface area contributed by atoms with Crippen LogP contribution in [0.1, 0.15) is 5.56 Å². The highest BCUT2D eigenvalue weighted by Gasteiger charge is 2.12. The summed E-state index contributed by atoms with van der Waals surface area (Å²) in [5.41, 5.74) is 1.63. The first-order chi connectivity index (χ1) is 16.1. The largest absolute Gasteiger partial charge is 0.493 e. The maximum absolute atomic E-state index is 13.2. The third-order valence-electron chi connectivity index (χ3n) is 5.65. The van der Waals surface area contributed by atoms with Crippen LogP contribution in [0.4, 0.5) is 0 Å². The third kappa shape index (κ3) is 3.63. The highest BCUT2D eigenvalue weighted by Crippen LogP contribution is 2.27. The molecule has 0 unspecified atom stereocenters. The third-order valence-corrected chi connectivity index (χ3v) is 5.65. The number of fused-ring (bicyclic) bond motifs is 2. The molecule has 0 bridgehead atoms. The maximum Gasteiger partial charge on any atom is 0.265 e. The molecule has 0 radical (unpaired) electrons. The Morgan fingerprint density at radius 3 is 2.36 bits per heavy atom. The average molecular weight is 443 g/mol. The van der Waals surface area contributed by atoms with Crippen LogP contribution in [-0.2, 0) is 13.0 Å². The first-order valence-corrected chi connectivity index (χ1v) is 10.4. The fraction of sp³-hybridized carbons (Fsp3) is 0.167. The Hall–Kier alpha value is -4.40. The van der Waals surface area contributed by atoms with Gasteiger partial charge < -0.3 is 14.0 Å². The number of benzene rings is 1. The van der Waals surface area contributed by atoms with E-state index in [1.807, 2.05) is 18.2 Å². The SMILES string of the molecule is COc1ccc(CCn2ccc3nc4ccn(-c5ccn[nH]5)c(=O)c4cc3c2=O)cc1OC. The number of methoxy groups -OCH3 is 2. The zero-order valence-corrected chi connectivity index (χ0v) is 18.1. The standard InChI is InChI=1S/C24H21N5O4/c1-32-20-4-3-15(13-21(20)33-2)6-10-28-11-7-18-16(23(28)30)14-17-19(26-18)8-12-29(24(17)31)22-5-9-25-27-22/h3-5,7-9,11-14H,6,10H2,1-2H3,(H,25,27). The van der Waals surface area contributed by atoms with E-state index in [1.54, 1.807) is 61.6 Å². The molecule has 5 aromatic rings. The minimum Gasteiger partial charge on any atom is -0.493 e. The summed E-state index contributed by atoms with van der Waals surface area (Å²) in [4.78, 5) is 30.8. The van der Waals surface area contributed by atoms with Crippen molar-refractivity contribution in [2.45, 2.75) is 13.0 Å². The molecule has 9 nitrogen and oxygen atoms in total. The molecule has 0 aliphatic heterocycles. The van der Waals surface area contributed by atoms with Crippen LogP contribution in [0.3, 0.4) is 0 Å². The Morgan fingerprint density at radius 2 is 1.64 bits per heavy atom. The molecule has 1 N–H and O–H groups in total. The minimum atomic E-state index is -0.272. The first-order valence-electron chi connectivity index (χ1n) is 10.4. The van der Waals surface area contributed by atoms with Gasteiger partial charge in [-0.3, -0.25) is 19.3 Å². The number of nitrogens with one attached hydrogen (secondary N) is 1. The zero-order valence-electron chi connectivity index (χ0n) is 18.1. The highest BCUT2D eigenvalue weighted by molar-refractivity contribution is 5.91. The number of aromatic amines is 1. The van der Waals surface area contributed by atoms with Gasteiger partial charge in [-0.25, -0.2) is 4.98 Å². The smallest absolute Gasteiger partial charge is 0.265 e. The van der Waals surface area contributed by atoms with Crippen molar-refractivity contribution in [3.05, 3.63) is 87.3 Å². The van der Waals surface area contributed by atoms with E-state index in [-0.39, 0.29) is 11.1 Å². The van der Waals surface area contributed by atoms with Gasteiger partial charge in [0, 0.05) is 25.0 Å². The fourth-order valence-corrected chi connectivity index (χ4v) is 3.90. The van der Waals surface area contributed by atoms with E-state index >= 15 is 0 Å². The van der Waals surface area contributed by atoms with Gasteiger partial charge in [0.1, 0.15) is 5.82 Å². The summed E-state index contributed by atoms with van der Waals surface area (Å²) in [5, 5.41) is 7.44. The number of nitrogens with zero attached hydrogens (tertiary/aromatic N) is 4. The van der Waals surface area contributed by atoms with Crippen LogP contribution >= 0.6 is 0 Å². The van der Waals surface area contributed by atoms with Crippen molar-refractivity contribution in [2.75, 3.05) is 14.2 Å². The number of pyridine rings is 3. The molecule has 4 aromatic heterocycles. The number of hydrogen-bond acceptors (Lipinski definition) is 6. The van der Waals surface area contributed by atoms with E-state index < -0.39 is 0 Å². The van der Waals surface area contributed by atoms with Gasteiger partial charge in [0.25, 0.3) is 11.1 Å². The average Bonchev–Trinajstić information content (AvgIpc) is 3.38. The Morgan fingerprint density at radius 1 is 0.879 bits per heavy atom. The summed E-state index contributed by atoms with van der Waals surface area (Å²) in [6.45, 7) is 0.468. The molecule has 0 atom stereocenters. The molecular formula is C24H21N5O4. The Bertz CT molecular complexity index is 1590. The van der Waals surface area contributed by atoms with Gasteiger partial charge in [-0.05, 0) is 42.3 Å². The molecule has 0 amide bonds. The molecule has 1 aromatic carbocycles. The monoisotopic (exact) mass is 443 g/mol. The van der Waals surface area contributed by atoms with Crippen molar-refractivity contribution < 1.29 is 9.47 Å². The highest BCUT2D eigenvalue weighted by atomic mass is 16.5. The van der Waals surface area contributed by atoms with Crippen molar-refractivity contribution in [2.24, 2.45) is 0 Å². The van der Waals surface area contributed by atoms with Crippen LogP contribution in [0.25, 0.3) is 27.6 Å². The molecular weight excluding hydrogens is 422 g/mol. The number of ether oxygens (including phenoxy) is 2. The van der Waals surface area contributed by atoms with Gasteiger partial charge in [0.2, 0.25) is 0 Å². The Labute approximate surface area is 187 Å². The molecule has 0 saturated carbocycles. The van der Waals surface area contributed by atoms with Gasteiger partial charge in [-0.1, -0.05) is 6.07 Å². The lowest BCUT2D eigenvalue weighted by Gasteiger charge is -2.11. The van der Waals surface area contributed by atoms with E-state index in [2.05, 4.69) is 15.2 Å². The van der Waals surface area contributed by atoms with Gasteiger partial charge in [-0.15, -0.1) is 0 Å².